The Morgan fingerprint density at radius 3 is 2.19 bits per heavy atom. The Morgan fingerprint density at radius 2 is 1.58 bits per heavy atom. The summed E-state index contributed by atoms with van der Waals surface area (Å²) in [5, 5.41) is 11.6. The molecule has 1 heterocycles. The first-order chi connectivity index (χ1) is 17.0. The van der Waals surface area contributed by atoms with Crippen LogP contribution in [0.5, 0.6) is 0 Å². The lowest BCUT2D eigenvalue weighted by molar-refractivity contribution is -0.132. The fraction of sp³-hybridized carbons (Fsp3) is 0.207. The van der Waals surface area contributed by atoms with E-state index in [0.29, 0.717) is 21.8 Å². The van der Waals surface area contributed by atoms with E-state index < -0.39 is 23.7 Å². The molecule has 7 heteroatoms. The Morgan fingerprint density at radius 1 is 0.944 bits per heavy atom. The Kier molecular flexibility index (Phi) is 6.74. The monoisotopic (exact) mass is 503 g/mol. The van der Waals surface area contributed by atoms with Crippen molar-refractivity contribution in [1.82, 2.24) is 0 Å². The number of carbonyl (C=O) groups excluding carboxylic acids is 3. The van der Waals surface area contributed by atoms with Crippen molar-refractivity contribution in [2.45, 2.75) is 32.2 Å². The van der Waals surface area contributed by atoms with Crippen molar-refractivity contribution in [3.63, 3.8) is 0 Å². The molecule has 1 saturated heterocycles. The lowest BCUT2D eigenvalue weighted by atomic mass is 9.85. The molecule has 1 N–H and O–H groups in total. The number of aliphatic hydroxyl groups is 1. The smallest absolute Gasteiger partial charge is 0.337 e. The van der Waals surface area contributed by atoms with Crippen molar-refractivity contribution in [1.29, 1.82) is 0 Å². The number of anilines is 1. The molecule has 1 atom stereocenters. The predicted octanol–water partition coefficient (Wildman–Crippen LogP) is 6.05. The number of hydrogen-bond acceptors (Lipinski definition) is 5. The van der Waals surface area contributed by atoms with E-state index in [2.05, 4.69) is 20.8 Å². The lowest BCUT2D eigenvalue weighted by Gasteiger charge is -2.27. The van der Waals surface area contributed by atoms with E-state index in [0.717, 1.165) is 5.56 Å². The minimum Gasteiger partial charge on any atom is -0.507 e. The minimum atomic E-state index is -0.925. The van der Waals surface area contributed by atoms with Gasteiger partial charge in [-0.05, 0) is 46.9 Å². The number of methoxy groups -OCH3 is 1. The third-order valence-corrected chi connectivity index (χ3v) is 6.42. The zero-order chi connectivity index (χ0) is 26.2. The molecule has 0 spiro atoms. The van der Waals surface area contributed by atoms with Gasteiger partial charge in [0, 0.05) is 16.3 Å². The van der Waals surface area contributed by atoms with Gasteiger partial charge >= 0.3 is 5.97 Å². The van der Waals surface area contributed by atoms with Gasteiger partial charge in [0.05, 0.1) is 24.3 Å². The number of amides is 1. The fourth-order valence-electron chi connectivity index (χ4n) is 4.27. The molecule has 0 aliphatic carbocycles. The molecule has 1 aliphatic heterocycles. The van der Waals surface area contributed by atoms with Crippen LogP contribution in [0.4, 0.5) is 5.69 Å². The predicted molar refractivity (Wildman–Crippen MR) is 139 cm³/mol. The lowest BCUT2D eigenvalue weighted by Crippen LogP contribution is -2.29. The molecule has 0 bridgehead atoms. The Hall–Kier alpha value is -3.90. The Balaban J connectivity index is 1.94. The van der Waals surface area contributed by atoms with Crippen LogP contribution >= 0.6 is 11.6 Å². The second-order valence-corrected chi connectivity index (χ2v) is 10.0. The van der Waals surface area contributed by atoms with Crippen molar-refractivity contribution in [3.8, 4) is 0 Å². The van der Waals surface area contributed by atoms with Gasteiger partial charge < -0.3 is 9.84 Å². The number of ketones is 1. The van der Waals surface area contributed by atoms with Gasteiger partial charge in [-0.25, -0.2) is 4.79 Å². The number of Topliss-reactive ketones (excluding diaryl/α,β-unsaturated/α-hetero) is 1. The molecule has 6 nitrogen and oxygen atoms in total. The van der Waals surface area contributed by atoms with E-state index in [4.69, 9.17) is 16.3 Å². The molecule has 0 saturated carbocycles. The average Bonchev–Trinajstić information content (AvgIpc) is 3.13. The van der Waals surface area contributed by atoms with Crippen LogP contribution in [0, 0.1) is 0 Å². The van der Waals surface area contributed by atoms with Crippen molar-refractivity contribution in [2.75, 3.05) is 12.0 Å². The highest BCUT2D eigenvalue weighted by Crippen LogP contribution is 2.43. The van der Waals surface area contributed by atoms with Gasteiger partial charge in [0.25, 0.3) is 11.7 Å². The van der Waals surface area contributed by atoms with E-state index in [9.17, 15) is 19.5 Å². The Labute approximate surface area is 214 Å². The van der Waals surface area contributed by atoms with Crippen LogP contribution in [0.3, 0.4) is 0 Å². The van der Waals surface area contributed by atoms with Crippen LogP contribution in [0.15, 0.2) is 78.4 Å². The number of esters is 1. The summed E-state index contributed by atoms with van der Waals surface area (Å²) in [6, 6.07) is 19.4. The number of ether oxygens (including phenoxy) is 1. The van der Waals surface area contributed by atoms with E-state index in [1.807, 2.05) is 24.3 Å². The first-order valence-corrected chi connectivity index (χ1v) is 11.8. The maximum Gasteiger partial charge on any atom is 0.337 e. The van der Waals surface area contributed by atoms with E-state index in [1.54, 1.807) is 36.4 Å². The van der Waals surface area contributed by atoms with Gasteiger partial charge in [0.2, 0.25) is 0 Å². The number of carbonyl (C=O) groups is 3. The number of benzene rings is 3. The standard InChI is InChI=1S/C29H26ClNO5/c1-29(2,3)20-13-11-17(12-14-20)24-23(25(32)18-7-5-9-21(30)15-18)26(33)27(34)31(24)22-10-6-8-19(16-22)28(35)36-4/h5-16,24,32H,1-4H3/b25-23+. The summed E-state index contributed by atoms with van der Waals surface area (Å²) in [6.07, 6.45) is 0. The average molecular weight is 504 g/mol. The molecule has 1 unspecified atom stereocenters. The van der Waals surface area contributed by atoms with Crippen LogP contribution in [0.25, 0.3) is 5.76 Å². The summed E-state index contributed by atoms with van der Waals surface area (Å²) in [5.41, 5.74) is 2.42. The molecule has 4 rings (SSSR count). The quantitative estimate of drug-likeness (QED) is 0.203. The fourth-order valence-corrected chi connectivity index (χ4v) is 4.46. The highest BCUT2D eigenvalue weighted by atomic mass is 35.5. The van der Waals surface area contributed by atoms with E-state index in [1.165, 1.54) is 24.1 Å². The summed E-state index contributed by atoms with van der Waals surface area (Å²) < 4.78 is 4.82. The second kappa shape index (κ2) is 9.63. The molecule has 0 aromatic heterocycles. The van der Waals surface area contributed by atoms with Crippen molar-refractivity contribution < 1.29 is 24.2 Å². The van der Waals surface area contributed by atoms with Crippen molar-refractivity contribution >= 4 is 40.7 Å². The van der Waals surface area contributed by atoms with Gasteiger partial charge in [-0.1, -0.05) is 74.8 Å². The number of rotatable bonds is 4. The molecule has 3 aromatic carbocycles. The summed E-state index contributed by atoms with van der Waals surface area (Å²) in [4.78, 5) is 40.2. The molecule has 1 fully saturated rings. The van der Waals surface area contributed by atoms with Crippen molar-refractivity contribution in [3.05, 3.63) is 106 Å². The molecular formula is C29H26ClNO5. The maximum absolute atomic E-state index is 13.4. The summed E-state index contributed by atoms with van der Waals surface area (Å²) >= 11 is 6.12. The van der Waals surface area contributed by atoms with Crippen LogP contribution in [0.1, 0.15) is 53.9 Å². The minimum absolute atomic E-state index is 0.0609. The first-order valence-electron chi connectivity index (χ1n) is 11.4. The molecule has 184 valence electrons. The normalized spacial score (nSPS) is 17.4. The van der Waals surface area contributed by atoms with Gasteiger partial charge in [-0.15, -0.1) is 0 Å². The van der Waals surface area contributed by atoms with Crippen LogP contribution < -0.4 is 4.90 Å². The topological polar surface area (TPSA) is 83.9 Å². The first kappa shape index (κ1) is 25.2. The van der Waals surface area contributed by atoms with Gasteiger partial charge in [-0.2, -0.15) is 0 Å². The summed E-state index contributed by atoms with van der Waals surface area (Å²) in [5.74, 6) is -2.54. The zero-order valence-corrected chi connectivity index (χ0v) is 21.2. The zero-order valence-electron chi connectivity index (χ0n) is 20.4. The van der Waals surface area contributed by atoms with Gasteiger partial charge in [-0.3, -0.25) is 14.5 Å². The van der Waals surface area contributed by atoms with Crippen molar-refractivity contribution in [2.24, 2.45) is 0 Å². The highest BCUT2D eigenvalue weighted by molar-refractivity contribution is 6.51. The third-order valence-electron chi connectivity index (χ3n) is 6.18. The number of halogens is 1. The summed E-state index contributed by atoms with van der Waals surface area (Å²) in [7, 11) is 1.27. The molecule has 3 aromatic rings. The molecule has 1 aliphatic rings. The number of nitrogens with zero attached hydrogens (tertiary/aromatic N) is 1. The van der Waals surface area contributed by atoms with Crippen LogP contribution in [-0.2, 0) is 19.7 Å². The largest absolute Gasteiger partial charge is 0.507 e. The van der Waals surface area contributed by atoms with Crippen LogP contribution in [0.2, 0.25) is 5.02 Å². The summed E-state index contributed by atoms with van der Waals surface area (Å²) in [6.45, 7) is 6.27. The highest BCUT2D eigenvalue weighted by Gasteiger charge is 2.47. The third kappa shape index (κ3) is 4.64. The molecule has 1 amide bonds. The van der Waals surface area contributed by atoms with Gasteiger partial charge in [0.1, 0.15) is 5.76 Å². The van der Waals surface area contributed by atoms with E-state index >= 15 is 0 Å². The van der Waals surface area contributed by atoms with Crippen LogP contribution in [-0.4, -0.2) is 29.9 Å². The molecule has 0 radical (unpaired) electrons. The Bertz CT molecular complexity index is 1390. The SMILES string of the molecule is COC(=O)c1cccc(N2C(=O)C(=O)/C(=C(/O)c3cccc(Cl)c3)C2c2ccc(C(C)(C)C)cc2)c1. The number of aliphatic hydroxyl groups excluding tert-OH is 1. The maximum atomic E-state index is 13.4. The molecular weight excluding hydrogens is 478 g/mol. The van der Waals surface area contributed by atoms with E-state index in [-0.39, 0.29) is 22.3 Å². The van der Waals surface area contributed by atoms with Gasteiger partial charge in [0.15, 0.2) is 0 Å². The second-order valence-electron chi connectivity index (χ2n) is 9.59. The number of hydrogen-bond donors (Lipinski definition) is 1. The molecule has 36 heavy (non-hydrogen) atoms.